The van der Waals surface area contributed by atoms with E-state index in [1.807, 2.05) is 0 Å². The number of pyridine rings is 1. The van der Waals surface area contributed by atoms with Crippen LogP contribution in [0.1, 0.15) is 31.0 Å². The van der Waals surface area contributed by atoms with Crippen molar-refractivity contribution in [2.75, 3.05) is 32.1 Å². The number of rotatable bonds is 4. The number of hydrogen-bond donors (Lipinski definition) is 1. The first-order valence-electron chi connectivity index (χ1n) is 7.25. The van der Waals surface area contributed by atoms with Crippen molar-refractivity contribution in [1.82, 2.24) is 9.88 Å². The number of anilines is 1. The Morgan fingerprint density at radius 1 is 1.42 bits per heavy atom. The van der Waals surface area contributed by atoms with Crippen molar-refractivity contribution < 1.29 is 0 Å². The van der Waals surface area contributed by atoms with Crippen molar-refractivity contribution >= 4 is 5.82 Å². The minimum atomic E-state index is 0.591. The number of aryl methyl sites for hydroxylation is 1. The summed E-state index contributed by atoms with van der Waals surface area (Å²) in [6, 6.07) is 4.90. The van der Waals surface area contributed by atoms with Gasteiger partial charge in [0.15, 0.2) is 0 Å². The van der Waals surface area contributed by atoms with Crippen LogP contribution in [0.5, 0.6) is 0 Å². The highest BCUT2D eigenvalue weighted by Crippen LogP contribution is 2.21. The summed E-state index contributed by atoms with van der Waals surface area (Å²) in [7, 11) is 4.32. The van der Waals surface area contributed by atoms with Crippen molar-refractivity contribution in [2.45, 2.75) is 38.8 Å². The Hall–Kier alpha value is -1.13. The highest BCUT2D eigenvalue weighted by Gasteiger charge is 2.22. The van der Waals surface area contributed by atoms with Crippen molar-refractivity contribution in [1.29, 1.82) is 0 Å². The van der Waals surface area contributed by atoms with Gasteiger partial charge in [-0.2, -0.15) is 0 Å². The fourth-order valence-electron chi connectivity index (χ4n) is 2.68. The fourth-order valence-corrected chi connectivity index (χ4v) is 2.68. The van der Waals surface area contributed by atoms with Crippen LogP contribution < -0.4 is 10.6 Å². The van der Waals surface area contributed by atoms with Gasteiger partial charge in [-0.05, 0) is 51.1 Å². The summed E-state index contributed by atoms with van der Waals surface area (Å²) in [5, 5.41) is 0. The van der Waals surface area contributed by atoms with Gasteiger partial charge in [0, 0.05) is 31.4 Å². The molecule has 2 N–H and O–H groups in total. The molecule has 1 atom stereocenters. The van der Waals surface area contributed by atoms with Gasteiger partial charge < -0.3 is 15.5 Å². The van der Waals surface area contributed by atoms with E-state index in [1.165, 1.54) is 18.4 Å². The molecule has 2 rings (SSSR count). The molecule has 1 saturated heterocycles. The van der Waals surface area contributed by atoms with Gasteiger partial charge in [0.1, 0.15) is 5.82 Å². The molecule has 1 aliphatic rings. The molecular weight excluding hydrogens is 236 g/mol. The maximum Gasteiger partial charge on any atom is 0.129 e. The third-order valence-corrected chi connectivity index (χ3v) is 3.97. The summed E-state index contributed by atoms with van der Waals surface area (Å²) >= 11 is 0. The highest BCUT2D eigenvalue weighted by molar-refractivity contribution is 5.43. The Kier molecular flexibility index (Phi) is 4.77. The van der Waals surface area contributed by atoms with Crippen LogP contribution in [0, 0.1) is 0 Å². The molecule has 0 amide bonds. The van der Waals surface area contributed by atoms with Gasteiger partial charge in [-0.15, -0.1) is 0 Å². The summed E-state index contributed by atoms with van der Waals surface area (Å²) in [6.45, 7) is 4.91. The van der Waals surface area contributed by atoms with Crippen molar-refractivity contribution in [3.05, 3.63) is 23.4 Å². The minimum Gasteiger partial charge on any atom is -0.355 e. The lowest BCUT2D eigenvalue weighted by Gasteiger charge is -2.37. The number of nitrogens with two attached hydrogens (primary N) is 1. The molecule has 1 aliphatic heterocycles. The van der Waals surface area contributed by atoms with E-state index in [0.717, 1.165) is 31.0 Å². The van der Waals surface area contributed by atoms with Crippen LogP contribution in [0.25, 0.3) is 0 Å². The molecule has 1 aromatic rings. The van der Waals surface area contributed by atoms with E-state index >= 15 is 0 Å². The third-order valence-electron chi connectivity index (χ3n) is 3.97. The van der Waals surface area contributed by atoms with Crippen molar-refractivity contribution in [2.24, 2.45) is 5.73 Å². The van der Waals surface area contributed by atoms with E-state index in [2.05, 4.69) is 43.0 Å². The number of hydrogen-bond acceptors (Lipinski definition) is 4. The van der Waals surface area contributed by atoms with E-state index in [0.29, 0.717) is 12.6 Å². The van der Waals surface area contributed by atoms with Crippen LogP contribution >= 0.6 is 0 Å². The Labute approximate surface area is 116 Å². The molecule has 2 heterocycles. The SMILES string of the molecule is CCc1cc(CN)cc(N2CCCC(N(C)C)C2)n1. The molecule has 4 nitrogen and oxygen atoms in total. The zero-order valence-corrected chi connectivity index (χ0v) is 12.4. The number of likely N-dealkylation sites (N-methyl/N-ethyl adjacent to an activating group) is 1. The lowest BCUT2D eigenvalue weighted by Crippen LogP contribution is -2.45. The Morgan fingerprint density at radius 3 is 2.84 bits per heavy atom. The predicted molar refractivity (Wildman–Crippen MR) is 80.4 cm³/mol. The zero-order chi connectivity index (χ0) is 13.8. The topological polar surface area (TPSA) is 45.4 Å². The maximum absolute atomic E-state index is 5.79. The van der Waals surface area contributed by atoms with Gasteiger partial charge in [0.05, 0.1) is 0 Å². The van der Waals surface area contributed by atoms with Gasteiger partial charge >= 0.3 is 0 Å². The predicted octanol–water partition coefficient (Wildman–Crippen LogP) is 1.63. The average Bonchev–Trinajstić information content (AvgIpc) is 2.46. The fraction of sp³-hybridized carbons (Fsp3) is 0.667. The third kappa shape index (κ3) is 3.45. The Balaban J connectivity index is 2.20. The quantitative estimate of drug-likeness (QED) is 0.896. The van der Waals surface area contributed by atoms with Crippen LogP contribution in [0.4, 0.5) is 5.82 Å². The average molecular weight is 262 g/mol. The Bertz CT molecular complexity index is 394. The van der Waals surface area contributed by atoms with Gasteiger partial charge in [-0.25, -0.2) is 4.98 Å². The van der Waals surface area contributed by atoms with Crippen molar-refractivity contribution in [3.8, 4) is 0 Å². The molecule has 19 heavy (non-hydrogen) atoms. The first-order chi connectivity index (χ1) is 9.13. The van der Waals surface area contributed by atoms with Crippen molar-refractivity contribution in [3.63, 3.8) is 0 Å². The smallest absolute Gasteiger partial charge is 0.129 e. The van der Waals surface area contributed by atoms with Gasteiger partial charge in [0.2, 0.25) is 0 Å². The van der Waals surface area contributed by atoms with E-state index in [-0.39, 0.29) is 0 Å². The second kappa shape index (κ2) is 6.35. The van der Waals surface area contributed by atoms with E-state index in [4.69, 9.17) is 10.7 Å². The lowest BCUT2D eigenvalue weighted by atomic mass is 10.0. The van der Waals surface area contributed by atoms with Crippen LogP contribution in [0.15, 0.2) is 12.1 Å². The summed E-state index contributed by atoms with van der Waals surface area (Å²) in [6.07, 6.45) is 3.48. The summed E-state index contributed by atoms with van der Waals surface area (Å²) in [5.74, 6) is 1.10. The first-order valence-corrected chi connectivity index (χ1v) is 7.25. The molecule has 1 unspecified atom stereocenters. The highest BCUT2D eigenvalue weighted by atomic mass is 15.2. The Morgan fingerprint density at radius 2 is 2.21 bits per heavy atom. The van der Waals surface area contributed by atoms with E-state index < -0.39 is 0 Å². The summed E-state index contributed by atoms with van der Waals surface area (Å²) < 4.78 is 0. The molecule has 106 valence electrons. The molecule has 1 fully saturated rings. The van der Waals surface area contributed by atoms with Crippen LogP contribution in [-0.2, 0) is 13.0 Å². The van der Waals surface area contributed by atoms with E-state index in [9.17, 15) is 0 Å². The van der Waals surface area contributed by atoms with Gasteiger partial charge in [-0.3, -0.25) is 0 Å². The monoisotopic (exact) mass is 262 g/mol. The molecule has 0 aromatic carbocycles. The number of aromatic nitrogens is 1. The summed E-state index contributed by atoms with van der Waals surface area (Å²) in [4.78, 5) is 9.50. The zero-order valence-electron chi connectivity index (χ0n) is 12.4. The molecule has 0 bridgehead atoms. The molecule has 4 heteroatoms. The second-order valence-corrected chi connectivity index (χ2v) is 5.59. The van der Waals surface area contributed by atoms with Gasteiger partial charge in [0.25, 0.3) is 0 Å². The second-order valence-electron chi connectivity index (χ2n) is 5.59. The largest absolute Gasteiger partial charge is 0.355 e. The molecule has 0 aliphatic carbocycles. The van der Waals surface area contributed by atoms with Crippen LogP contribution in [0.3, 0.4) is 0 Å². The minimum absolute atomic E-state index is 0.591. The van der Waals surface area contributed by atoms with Crippen LogP contribution in [-0.4, -0.2) is 43.1 Å². The maximum atomic E-state index is 5.79. The molecule has 0 spiro atoms. The van der Waals surface area contributed by atoms with Gasteiger partial charge in [-0.1, -0.05) is 6.92 Å². The van der Waals surface area contributed by atoms with E-state index in [1.54, 1.807) is 0 Å². The normalized spacial score (nSPS) is 20.1. The molecule has 0 saturated carbocycles. The number of piperidine rings is 1. The summed E-state index contributed by atoms with van der Waals surface area (Å²) in [5.41, 5.74) is 8.13. The first kappa shape index (κ1) is 14.3. The molecule has 0 radical (unpaired) electrons. The standard InChI is InChI=1S/C15H26N4/c1-4-13-8-12(10-16)9-15(17-13)19-7-5-6-14(11-19)18(2)3/h8-9,14H,4-7,10-11,16H2,1-3H3. The molecular formula is C15H26N4. The molecule has 1 aromatic heterocycles. The lowest BCUT2D eigenvalue weighted by molar-refractivity contribution is 0.257. The van der Waals surface area contributed by atoms with Crippen LogP contribution in [0.2, 0.25) is 0 Å². The number of nitrogens with zero attached hydrogens (tertiary/aromatic N) is 3.